The van der Waals surface area contributed by atoms with Gasteiger partial charge in [0.2, 0.25) is 5.95 Å². The van der Waals surface area contributed by atoms with E-state index in [-0.39, 0.29) is 12.0 Å². The summed E-state index contributed by atoms with van der Waals surface area (Å²) in [6.07, 6.45) is 3.73. The van der Waals surface area contributed by atoms with Gasteiger partial charge in [-0.3, -0.25) is 4.79 Å². The summed E-state index contributed by atoms with van der Waals surface area (Å²) in [4.78, 5) is 28.9. The lowest BCUT2D eigenvalue weighted by Gasteiger charge is -2.17. The summed E-state index contributed by atoms with van der Waals surface area (Å²) >= 11 is 0. The molecule has 2 aromatic carbocycles. The molecule has 0 aliphatic rings. The number of fused-ring (bicyclic) bond motifs is 1. The molecule has 5 rings (SSSR count). The fraction of sp³-hybridized carbons (Fsp3) is 0.207. The minimum absolute atomic E-state index is 0.0386. The van der Waals surface area contributed by atoms with Crippen LogP contribution in [-0.4, -0.2) is 37.1 Å². The van der Waals surface area contributed by atoms with Gasteiger partial charge < -0.3 is 20.2 Å². The molecule has 0 spiro atoms. The highest BCUT2D eigenvalue weighted by molar-refractivity contribution is 5.86. The number of aliphatic hydroxyl groups is 1. The average molecular weight is 509 g/mol. The van der Waals surface area contributed by atoms with Gasteiger partial charge in [-0.1, -0.05) is 18.2 Å². The molecule has 3 aromatic heterocycles. The minimum Gasteiger partial charge on any atom is -0.464 e. The van der Waals surface area contributed by atoms with Gasteiger partial charge in [0.1, 0.15) is 17.2 Å². The summed E-state index contributed by atoms with van der Waals surface area (Å²) in [6, 6.07) is 16.1. The number of ketones is 1. The number of benzene rings is 2. The number of rotatable bonds is 8. The van der Waals surface area contributed by atoms with Crippen LogP contribution in [0.15, 0.2) is 71.6 Å². The third kappa shape index (κ3) is 5.37. The van der Waals surface area contributed by atoms with E-state index in [0.29, 0.717) is 5.82 Å². The molecule has 0 unspecified atom stereocenters. The quantitative estimate of drug-likeness (QED) is 0.234. The molecule has 3 heterocycles. The van der Waals surface area contributed by atoms with Crippen molar-refractivity contribution in [3.63, 3.8) is 0 Å². The van der Waals surface area contributed by atoms with Gasteiger partial charge in [0.05, 0.1) is 12.0 Å². The number of aromatic nitrogens is 4. The third-order valence-electron chi connectivity index (χ3n) is 6.29. The van der Waals surface area contributed by atoms with E-state index in [0.717, 1.165) is 50.3 Å². The number of anilines is 2. The van der Waals surface area contributed by atoms with Gasteiger partial charge in [0, 0.05) is 41.0 Å². The van der Waals surface area contributed by atoms with Crippen molar-refractivity contribution < 1.29 is 14.3 Å². The van der Waals surface area contributed by atoms with Crippen molar-refractivity contribution in [3.8, 4) is 22.4 Å². The normalized spacial score (nSPS) is 12.8. The molecule has 0 aliphatic heterocycles. The van der Waals surface area contributed by atoms with Crippen LogP contribution in [-0.2, 0) is 4.79 Å². The van der Waals surface area contributed by atoms with E-state index in [1.54, 1.807) is 18.7 Å². The highest BCUT2D eigenvalue weighted by Gasteiger charge is 2.13. The van der Waals surface area contributed by atoms with Gasteiger partial charge in [-0.15, -0.1) is 0 Å². The summed E-state index contributed by atoms with van der Waals surface area (Å²) in [6.45, 7) is 7.27. The highest BCUT2D eigenvalue weighted by Crippen LogP contribution is 2.29. The van der Waals surface area contributed by atoms with Gasteiger partial charge in [0.25, 0.3) is 0 Å². The number of aryl methyl sites for hydroxylation is 2. The molecule has 2 atom stereocenters. The molecule has 5 aromatic rings. The SMILES string of the molecule is CC(=O)[C@H](O)Nc1ncc(-c2cccc([C@H](C)Nc3cc(-c4ccc5occ(C)c5c4)nc(C)n3)c2)cn1. The first-order valence-electron chi connectivity index (χ1n) is 12.2. The Labute approximate surface area is 220 Å². The van der Waals surface area contributed by atoms with Crippen molar-refractivity contribution in [3.05, 3.63) is 84.1 Å². The van der Waals surface area contributed by atoms with Crippen molar-refractivity contribution in [2.24, 2.45) is 0 Å². The summed E-state index contributed by atoms with van der Waals surface area (Å²) in [5.41, 5.74) is 6.59. The first kappa shape index (κ1) is 25.0. The van der Waals surface area contributed by atoms with Crippen LogP contribution in [0.1, 0.15) is 36.8 Å². The number of hydrogen-bond donors (Lipinski definition) is 3. The molecule has 192 valence electrons. The molecule has 0 radical (unpaired) electrons. The van der Waals surface area contributed by atoms with Crippen molar-refractivity contribution >= 4 is 28.5 Å². The van der Waals surface area contributed by atoms with Crippen molar-refractivity contribution in [1.82, 2.24) is 19.9 Å². The second-order valence-electron chi connectivity index (χ2n) is 9.26. The van der Waals surface area contributed by atoms with Gasteiger partial charge >= 0.3 is 0 Å². The molecular weight excluding hydrogens is 480 g/mol. The van der Waals surface area contributed by atoms with Crippen LogP contribution in [0.4, 0.5) is 11.8 Å². The monoisotopic (exact) mass is 508 g/mol. The maximum absolute atomic E-state index is 11.2. The van der Waals surface area contributed by atoms with Gasteiger partial charge in [-0.05, 0) is 68.7 Å². The Morgan fingerprint density at radius 3 is 2.50 bits per heavy atom. The third-order valence-corrected chi connectivity index (χ3v) is 6.29. The number of nitrogens with zero attached hydrogens (tertiary/aromatic N) is 4. The zero-order chi connectivity index (χ0) is 26.8. The molecule has 0 aliphatic carbocycles. The maximum Gasteiger partial charge on any atom is 0.224 e. The van der Waals surface area contributed by atoms with Crippen LogP contribution < -0.4 is 10.6 Å². The smallest absolute Gasteiger partial charge is 0.224 e. The van der Waals surface area contributed by atoms with Gasteiger partial charge in [0.15, 0.2) is 12.0 Å². The Morgan fingerprint density at radius 1 is 0.947 bits per heavy atom. The van der Waals surface area contributed by atoms with Crippen LogP contribution in [0.25, 0.3) is 33.4 Å². The molecule has 3 N–H and O–H groups in total. The number of carbonyl (C=O) groups excluding carboxylic acids is 1. The molecule has 38 heavy (non-hydrogen) atoms. The molecule has 0 saturated carbocycles. The standard InChI is InChI=1S/C29H28N6O3/c1-16-15-38-26-9-8-22(11-24(16)26)25-12-27(34-19(4)33-25)32-17(2)20-6-5-7-21(10-20)23-13-30-29(31-14-23)35-28(37)18(3)36/h5-15,17,28,37H,1-4H3,(H,30,31,35)(H,32,33,34)/t17-,28-/m0/s1. The Kier molecular flexibility index (Phi) is 6.85. The Morgan fingerprint density at radius 2 is 1.74 bits per heavy atom. The van der Waals surface area contributed by atoms with Crippen LogP contribution in [0.2, 0.25) is 0 Å². The predicted molar refractivity (Wildman–Crippen MR) is 147 cm³/mol. The fourth-order valence-electron chi connectivity index (χ4n) is 4.17. The zero-order valence-electron chi connectivity index (χ0n) is 21.6. The first-order chi connectivity index (χ1) is 18.3. The molecule has 0 fully saturated rings. The average Bonchev–Trinajstić information content (AvgIpc) is 3.28. The topological polar surface area (TPSA) is 126 Å². The van der Waals surface area contributed by atoms with Crippen LogP contribution in [0.3, 0.4) is 0 Å². The van der Waals surface area contributed by atoms with Crippen LogP contribution in [0, 0.1) is 13.8 Å². The predicted octanol–water partition coefficient (Wildman–Crippen LogP) is 5.46. The zero-order valence-corrected chi connectivity index (χ0v) is 21.6. The minimum atomic E-state index is -1.33. The number of hydrogen-bond acceptors (Lipinski definition) is 9. The van der Waals surface area contributed by atoms with E-state index < -0.39 is 12.0 Å². The number of carbonyl (C=O) groups is 1. The summed E-state index contributed by atoms with van der Waals surface area (Å²) in [5.74, 6) is 1.18. The van der Waals surface area contributed by atoms with E-state index in [1.807, 2.05) is 50.2 Å². The molecule has 9 heteroatoms. The lowest BCUT2D eigenvalue weighted by atomic mass is 10.0. The maximum atomic E-state index is 11.2. The van der Waals surface area contributed by atoms with E-state index in [1.165, 1.54) is 6.92 Å². The van der Waals surface area contributed by atoms with Crippen LogP contribution in [0.5, 0.6) is 0 Å². The van der Waals surface area contributed by atoms with E-state index in [2.05, 4.69) is 49.6 Å². The molecule has 0 saturated heterocycles. The molecule has 9 nitrogen and oxygen atoms in total. The van der Waals surface area contributed by atoms with Crippen molar-refractivity contribution in [2.75, 3.05) is 10.6 Å². The second-order valence-corrected chi connectivity index (χ2v) is 9.26. The Hall–Kier alpha value is -4.63. The van der Waals surface area contributed by atoms with E-state index >= 15 is 0 Å². The number of nitrogens with one attached hydrogen (secondary N) is 2. The molecule has 0 amide bonds. The largest absolute Gasteiger partial charge is 0.464 e. The Bertz CT molecular complexity index is 1610. The highest BCUT2D eigenvalue weighted by atomic mass is 16.3. The summed E-state index contributed by atoms with van der Waals surface area (Å²) in [7, 11) is 0. The lowest BCUT2D eigenvalue weighted by Crippen LogP contribution is -2.27. The molecule has 0 bridgehead atoms. The van der Waals surface area contributed by atoms with E-state index in [9.17, 15) is 9.90 Å². The lowest BCUT2D eigenvalue weighted by molar-refractivity contribution is -0.123. The van der Waals surface area contributed by atoms with Gasteiger partial charge in [-0.25, -0.2) is 19.9 Å². The second kappa shape index (κ2) is 10.4. The van der Waals surface area contributed by atoms with Gasteiger partial charge in [-0.2, -0.15) is 0 Å². The Balaban J connectivity index is 1.35. The van der Waals surface area contributed by atoms with Crippen LogP contribution >= 0.6 is 0 Å². The fourth-order valence-corrected chi connectivity index (χ4v) is 4.17. The number of furan rings is 1. The number of aliphatic hydroxyl groups excluding tert-OH is 1. The first-order valence-corrected chi connectivity index (χ1v) is 12.2. The summed E-state index contributed by atoms with van der Waals surface area (Å²) in [5, 5.41) is 16.8. The summed E-state index contributed by atoms with van der Waals surface area (Å²) < 4.78 is 5.58. The van der Waals surface area contributed by atoms with Crippen molar-refractivity contribution in [2.45, 2.75) is 40.0 Å². The molecular formula is C29H28N6O3. The van der Waals surface area contributed by atoms with Crippen molar-refractivity contribution in [1.29, 1.82) is 0 Å². The number of Topliss-reactive ketones (excluding diaryl/α,β-unsaturated/α-hetero) is 1. The van der Waals surface area contributed by atoms with E-state index in [4.69, 9.17) is 4.42 Å².